The van der Waals surface area contributed by atoms with Crippen molar-refractivity contribution in [2.45, 2.75) is 6.92 Å². The van der Waals surface area contributed by atoms with Crippen LogP contribution in [0.3, 0.4) is 0 Å². The Kier molecular flexibility index (Phi) is 6.02. The Morgan fingerprint density at radius 1 is 1.19 bits per heavy atom. The van der Waals surface area contributed by atoms with E-state index in [1.165, 1.54) is 34.9 Å². The number of carbonyl (C=O) groups excluding carboxylic acids is 2. The molecule has 0 bridgehead atoms. The van der Waals surface area contributed by atoms with Crippen molar-refractivity contribution in [1.29, 1.82) is 0 Å². The molecule has 32 heavy (non-hydrogen) atoms. The van der Waals surface area contributed by atoms with E-state index >= 15 is 0 Å². The lowest BCUT2D eigenvalue weighted by atomic mass is 10.0. The van der Waals surface area contributed by atoms with Gasteiger partial charge in [-0.3, -0.25) is 19.8 Å². The van der Waals surface area contributed by atoms with E-state index in [2.05, 4.69) is 0 Å². The van der Waals surface area contributed by atoms with Gasteiger partial charge in [-0.15, -0.1) is 0 Å². The number of carbonyl (C=O) groups is 2. The van der Waals surface area contributed by atoms with Crippen molar-refractivity contribution in [3.8, 4) is 5.75 Å². The van der Waals surface area contributed by atoms with Gasteiger partial charge in [0.05, 0.1) is 15.4 Å². The highest BCUT2D eigenvalue weighted by molar-refractivity contribution is 8.26. The third-order valence-electron chi connectivity index (χ3n) is 4.89. The van der Waals surface area contributed by atoms with Gasteiger partial charge in [-0.2, -0.15) is 0 Å². The van der Waals surface area contributed by atoms with E-state index in [-0.39, 0.29) is 22.9 Å². The van der Waals surface area contributed by atoms with Crippen LogP contribution in [0.1, 0.15) is 22.8 Å². The number of non-ortho nitro benzene ring substituents is 1. The third-order valence-corrected chi connectivity index (χ3v) is 6.27. The first-order chi connectivity index (χ1) is 15.4. The fourth-order valence-electron chi connectivity index (χ4n) is 3.32. The van der Waals surface area contributed by atoms with Crippen molar-refractivity contribution < 1.29 is 19.2 Å². The molecule has 9 heteroatoms. The van der Waals surface area contributed by atoms with Crippen molar-refractivity contribution in [2.75, 3.05) is 6.54 Å². The summed E-state index contributed by atoms with van der Waals surface area (Å²) in [6, 6.07) is 16.3. The maximum atomic E-state index is 12.8. The normalized spacial score (nSPS) is 14.9. The monoisotopic (exact) mass is 464 g/mol. The molecule has 1 aliphatic heterocycles. The molecule has 0 unspecified atom stereocenters. The number of nitro groups is 1. The molecule has 4 rings (SSSR count). The molecule has 1 heterocycles. The summed E-state index contributed by atoms with van der Waals surface area (Å²) in [6.07, 6.45) is 1.67. The summed E-state index contributed by atoms with van der Waals surface area (Å²) < 4.78 is 6.10. The molecule has 0 spiro atoms. The maximum Gasteiger partial charge on any atom is 0.343 e. The van der Waals surface area contributed by atoms with Gasteiger partial charge in [0.25, 0.3) is 11.6 Å². The summed E-state index contributed by atoms with van der Waals surface area (Å²) in [5.74, 6) is -0.701. The maximum absolute atomic E-state index is 12.8. The number of likely N-dealkylation sites (N-methyl/N-ethyl adjacent to an activating group) is 1. The number of ether oxygens (including phenoxy) is 1. The molecule has 1 saturated heterocycles. The molecule has 160 valence electrons. The molecule has 0 radical (unpaired) electrons. The highest BCUT2D eigenvalue weighted by Gasteiger charge is 2.31. The van der Waals surface area contributed by atoms with Gasteiger partial charge in [0, 0.05) is 24.2 Å². The second-order valence-electron chi connectivity index (χ2n) is 6.82. The predicted molar refractivity (Wildman–Crippen MR) is 128 cm³/mol. The minimum absolute atomic E-state index is 0.0515. The van der Waals surface area contributed by atoms with Crippen molar-refractivity contribution >= 4 is 62.7 Å². The SMILES string of the molecule is CCN1C(=O)/C(=C/c2c(OC(=O)c3cccc([N+](=O)[O-])c3)ccc3ccccc23)SC1=S. The van der Waals surface area contributed by atoms with E-state index in [4.69, 9.17) is 17.0 Å². The van der Waals surface area contributed by atoms with Gasteiger partial charge in [-0.05, 0) is 35.9 Å². The molecule has 3 aromatic rings. The zero-order valence-corrected chi connectivity index (χ0v) is 18.4. The number of thiocarbonyl (C=S) groups is 1. The summed E-state index contributed by atoms with van der Waals surface area (Å²) in [5.41, 5.74) is 0.399. The standard InChI is InChI=1S/C23H16N2O5S2/c1-2-24-21(26)20(32-23(24)31)13-18-17-9-4-3-6-14(17)10-11-19(18)30-22(27)15-7-5-8-16(12-15)25(28)29/h3-13H,2H2,1H3/b20-13-. The number of nitrogens with zero attached hydrogens (tertiary/aromatic N) is 2. The molecule has 1 fully saturated rings. The van der Waals surface area contributed by atoms with E-state index < -0.39 is 10.9 Å². The molecule has 3 aromatic carbocycles. The van der Waals surface area contributed by atoms with Crippen LogP contribution >= 0.6 is 24.0 Å². The second-order valence-corrected chi connectivity index (χ2v) is 8.50. The molecule has 1 aliphatic rings. The van der Waals surface area contributed by atoms with Gasteiger partial charge in [0.1, 0.15) is 10.1 Å². The average molecular weight is 465 g/mol. The molecule has 0 N–H and O–H groups in total. The van der Waals surface area contributed by atoms with Crippen LogP contribution in [0.15, 0.2) is 65.6 Å². The first kappa shape index (κ1) is 21.7. The van der Waals surface area contributed by atoms with Crippen LogP contribution in [0.25, 0.3) is 16.8 Å². The molecule has 0 aliphatic carbocycles. The number of hydrogen-bond donors (Lipinski definition) is 0. The Balaban J connectivity index is 1.78. The first-order valence-corrected chi connectivity index (χ1v) is 10.8. The highest BCUT2D eigenvalue weighted by atomic mass is 32.2. The Morgan fingerprint density at radius 2 is 1.97 bits per heavy atom. The largest absolute Gasteiger partial charge is 0.422 e. The summed E-state index contributed by atoms with van der Waals surface area (Å²) >= 11 is 6.48. The molecular formula is C23H16N2O5S2. The van der Waals surface area contributed by atoms with Gasteiger partial charge >= 0.3 is 5.97 Å². The minimum Gasteiger partial charge on any atom is -0.422 e. The number of thioether (sulfide) groups is 1. The van der Waals surface area contributed by atoms with Crippen LogP contribution in [0.2, 0.25) is 0 Å². The molecule has 0 aromatic heterocycles. The molecule has 0 saturated carbocycles. The quantitative estimate of drug-likeness (QED) is 0.128. The van der Waals surface area contributed by atoms with E-state index in [0.29, 0.717) is 21.3 Å². The molecule has 0 atom stereocenters. The number of hydrogen-bond acceptors (Lipinski definition) is 7. The molecule has 7 nitrogen and oxygen atoms in total. The van der Waals surface area contributed by atoms with E-state index in [0.717, 1.165) is 16.8 Å². The van der Waals surface area contributed by atoms with Gasteiger partial charge in [0.2, 0.25) is 0 Å². The number of fused-ring (bicyclic) bond motifs is 1. The van der Waals surface area contributed by atoms with Gasteiger partial charge in [0.15, 0.2) is 0 Å². The van der Waals surface area contributed by atoms with E-state index in [1.54, 1.807) is 18.2 Å². The highest BCUT2D eigenvalue weighted by Crippen LogP contribution is 2.37. The van der Waals surface area contributed by atoms with Gasteiger partial charge < -0.3 is 4.74 Å². The minimum atomic E-state index is -0.736. The lowest BCUT2D eigenvalue weighted by Gasteiger charge is -2.12. The Morgan fingerprint density at radius 3 is 2.69 bits per heavy atom. The fourth-order valence-corrected chi connectivity index (χ4v) is 4.69. The number of benzene rings is 3. The fraction of sp³-hybridized carbons (Fsp3) is 0.0870. The van der Waals surface area contributed by atoms with Crippen LogP contribution in [-0.2, 0) is 4.79 Å². The van der Waals surface area contributed by atoms with Crippen LogP contribution in [0, 0.1) is 10.1 Å². The Labute approximate surface area is 192 Å². The topological polar surface area (TPSA) is 89.8 Å². The first-order valence-electron chi connectivity index (χ1n) is 9.62. The number of nitro benzene ring substituents is 1. The lowest BCUT2D eigenvalue weighted by Crippen LogP contribution is -2.27. The smallest absolute Gasteiger partial charge is 0.343 e. The summed E-state index contributed by atoms with van der Waals surface area (Å²) in [4.78, 5) is 37.9. The lowest BCUT2D eigenvalue weighted by molar-refractivity contribution is -0.384. The van der Waals surface area contributed by atoms with Crippen molar-refractivity contribution in [1.82, 2.24) is 4.90 Å². The van der Waals surface area contributed by atoms with Crippen LogP contribution in [0.4, 0.5) is 5.69 Å². The average Bonchev–Trinajstić information content (AvgIpc) is 3.07. The molecular weight excluding hydrogens is 448 g/mol. The van der Waals surface area contributed by atoms with Gasteiger partial charge in [-0.1, -0.05) is 60.4 Å². The second kappa shape index (κ2) is 8.89. The molecule has 1 amide bonds. The summed E-state index contributed by atoms with van der Waals surface area (Å²) in [6.45, 7) is 2.31. The Hall–Kier alpha value is -3.56. The Bertz CT molecular complexity index is 1320. The summed E-state index contributed by atoms with van der Waals surface area (Å²) in [5, 5.41) is 12.7. The van der Waals surface area contributed by atoms with Crippen LogP contribution in [0.5, 0.6) is 5.75 Å². The van der Waals surface area contributed by atoms with Crippen molar-refractivity contribution in [2.24, 2.45) is 0 Å². The van der Waals surface area contributed by atoms with Gasteiger partial charge in [-0.25, -0.2) is 4.79 Å². The number of amides is 1. The summed E-state index contributed by atoms with van der Waals surface area (Å²) in [7, 11) is 0. The number of esters is 1. The van der Waals surface area contributed by atoms with Crippen LogP contribution in [-0.4, -0.2) is 32.6 Å². The third kappa shape index (κ3) is 4.12. The van der Waals surface area contributed by atoms with Crippen molar-refractivity contribution in [3.05, 3.63) is 86.8 Å². The number of rotatable bonds is 5. The zero-order chi connectivity index (χ0) is 22.8. The van der Waals surface area contributed by atoms with Crippen LogP contribution < -0.4 is 4.74 Å². The zero-order valence-electron chi connectivity index (χ0n) is 16.8. The van der Waals surface area contributed by atoms with E-state index in [9.17, 15) is 19.7 Å². The van der Waals surface area contributed by atoms with Crippen molar-refractivity contribution in [3.63, 3.8) is 0 Å². The van der Waals surface area contributed by atoms with E-state index in [1.807, 2.05) is 31.2 Å². The predicted octanol–water partition coefficient (Wildman–Crippen LogP) is 5.19.